The Morgan fingerprint density at radius 3 is 2.58 bits per heavy atom. The van der Waals surface area contributed by atoms with E-state index in [1.807, 2.05) is 37.6 Å². The first-order valence-electron chi connectivity index (χ1n) is 6.31. The highest BCUT2D eigenvalue weighted by Crippen LogP contribution is 2.14. The quantitative estimate of drug-likeness (QED) is 0.879. The zero-order valence-electron chi connectivity index (χ0n) is 11.3. The third-order valence-electron chi connectivity index (χ3n) is 2.88. The second kappa shape index (κ2) is 6.75. The highest BCUT2D eigenvalue weighted by molar-refractivity contribution is 6.30. The molecule has 0 atom stereocenters. The lowest BCUT2D eigenvalue weighted by atomic mass is 10.2. The molecular formula is C15H19ClN2O. The van der Waals surface area contributed by atoms with Gasteiger partial charge in [-0.25, -0.2) is 0 Å². The van der Waals surface area contributed by atoms with Gasteiger partial charge in [0.2, 0.25) is 0 Å². The van der Waals surface area contributed by atoms with E-state index in [9.17, 15) is 0 Å². The molecule has 0 aliphatic rings. The Balaban J connectivity index is 1.89. The molecule has 0 saturated carbocycles. The summed E-state index contributed by atoms with van der Waals surface area (Å²) in [7, 11) is 4.01. The normalized spacial score (nSPS) is 11.2. The fraction of sp³-hybridized carbons (Fsp3) is 0.333. The molecule has 0 unspecified atom stereocenters. The predicted octanol–water partition coefficient (Wildman–Crippen LogP) is 3.28. The van der Waals surface area contributed by atoms with E-state index in [1.54, 1.807) is 0 Å². The Morgan fingerprint density at radius 1 is 1.16 bits per heavy atom. The summed E-state index contributed by atoms with van der Waals surface area (Å²) in [6.45, 7) is 2.51. The largest absolute Gasteiger partial charge is 0.468 e. The SMILES string of the molecule is CNCc1coc(CN(C)Cc2ccc(Cl)cc2)c1. The van der Waals surface area contributed by atoms with Gasteiger partial charge in [-0.2, -0.15) is 0 Å². The molecule has 0 bridgehead atoms. The highest BCUT2D eigenvalue weighted by atomic mass is 35.5. The third kappa shape index (κ3) is 4.39. The number of rotatable bonds is 6. The minimum atomic E-state index is 0.772. The second-order valence-electron chi connectivity index (χ2n) is 4.75. The van der Waals surface area contributed by atoms with Crippen molar-refractivity contribution in [3.05, 3.63) is 58.5 Å². The topological polar surface area (TPSA) is 28.4 Å². The maximum atomic E-state index is 5.88. The van der Waals surface area contributed by atoms with E-state index >= 15 is 0 Å². The van der Waals surface area contributed by atoms with Gasteiger partial charge in [0, 0.05) is 23.7 Å². The van der Waals surface area contributed by atoms with Gasteiger partial charge in [0.25, 0.3) is 0 Å². The van der Waals surface area contributed by atoms with Crippen molar-refractivity contribution in [2.75, 3.05) is 14.1 Å². The molecule has 0 amide bonds. The molecule has 102 valence electrons. The lowest BCUT2D eigenvalue weighted by Crippen LogP contribution is -2.16. The van der Waals surface area contributed by atoms with Crippen molar-refractivity contribution < 1.29 is 4.42 Å². The van der Waals surface area contributed by atoms with Gasteiger partial charge in [-0.3, -0.25) is 4.90 Å². The Hall–Kier alpha value is -1.29. The van der Waals surface area contributed by atoms with Crippen LogP contribution in [0.5, 0.6) is 0 Å². The van der Waals surface area contributed by atoms with Gasteiger partial charge >= 0.3 is 0 Å². The molecule has 1 N–H and O–H groups in total. The van der Waals surface area contributed by atoms with Crippen LogP contribution in [0.1, 0.15) is 16.9 Å². The van der Waals surface area contributed by atoms with E-state index in [0.717, 1.165) is 30.4 Å². The first-order valence-corrected chi connectivity index (χ1v) is 6.69. The van der Waals surface area contributed by atoms with Crippen molar-refractivity contribution in [1.82, 2.24) is 10.2 Å². The summed E-state index contributed by atoms with van der Waals surface area (Å²) < 4.78 is 5.54. The minimum Gasteiger partial charge on any atom is -0.468 e. The van der Waals surface area contributed by atoms with Crippen LogP contribution in [0, 0.1) is 0 Å². The van der Waals surface area contributed by atoms with Crippen molar-refractivity contribution in [1.29, 1.82) is 0 Å². The van der Waals surface area contributed by atoms with Gasteiger partial charge in [0.05, 0.1) is 12.8 Å². The molecule has 1 aromatic carbocycles. The highest BCUT2D eigenvalue weighted by Gasteiger charge is 2.06. The smallest absolute Gasteiger partial charge is 0.118 e. The molecule has 0 fully saturated rings. The summed E-state index contributed by atoms with van der Waals surface area (Å²) in [5.74, 6) is 0.988. The zero-order chi connectivity index (χ0) is 13.7. The number of halogens is 1. The molecule has 0 spiro atoms. The Kier molecular flexibility index (Phi) is 5.02. The van der Waals surface area contributed by atoms with E-state index < -0.39 is 0 Å². The summed E-state index contributed by atoms with van der Waals surface area (Å²) in [4.78, 5) is 2.21. The molecule has 2 rings (SSSR count). The van der Waals surface area contributed by atoms with Crippen LogP contribution in [-0.2, 0) is 19.6 Å². The summed E-state index contributed by atoms with van der Waals surface area (Å²) in [6.07, 6.45) is 1.81. The van der Waals surface area contributed by atoms with Crippen LogP contribution in [0.2, 0.25) is 5.02 Å². The zero-order valence-corrected chi connectivity index (χ0v) is 12.1. The number of furan rings is 1. The number of hydrogen-bond donors (Lipinski definition) is 1. The van der Waals surface area contributed by atoms with Gasteiger partial charge in [0.1, 0.15) is 5.76 Å². The number of hydrogen-bond acceptors (Lipinski definition) is 3. The first-order chi connectivity index (χ1) is 9.17. The van der Waals surface area contributed by atoms with Crippen LogP contribution in [0.25, 0.3) is 0 Å². The molecule has 1 aromatic heterocycles. The van der Waals surface area contributed by atoms with Gasteiger partial charge in [-0.05, 0) is 37.9 Å². The van der Waals surface area contributed by atoms with Gasteiger partial charge in [0.15, 0.2) is 0 Å². The predicted molar refractivity (Wildman–Crippen MR) is 78.1 cm³/mol. The fourth-order valence-corrected chi connectivity index (χ4v) is 2.16. The first kappa shape index (κ1) is 14.1. The van der Waals surface area contributed by atoms with Crippen LogP contribution in [0.15, 0.2) is 41.0 Å². The summed E-state index contributed by atoms with van der Waals surface area (Å²) >= 11 is 5.88. The van der Waals surface area contributed by atoms with E-state index in [4.69, 9.17) is 16.0 Å². The molecule has 2 aromatic rings. The average molecular weight is 279 g/mol. The molecule has 1 heterocycles. The monoisotopic (exact) mass is 278 g/mol. The van der Waals surface area contributed by atoms with Gasteiger partial charge in [-0.1, -0.05) is 23.7 Å². The number of nitrogens with one attached hydrogen (secondary N) is 1. The van der Waals surface area contributed by atoms with E-state index in [2.05, 4.69) is 23.3 Å². The lowest BCUT2D eigenvalue weighted by Gasteiger charge is -2.15. The molecule has 0 aliphatic carbocycles. The van der Waals surface area contributed by atoms with Crippen LogP contribution in [0.3, 0.4) is 0 Å². The van der Waals surface area contributed by atoms with Crippen molar-refractivity contribution in [3.8, 4) is 0 Å². The summed E-state index contributed by atoms with van der Waals surface area (Å²) in [6, 6.07) is 10.0. The van der Waals surface area contributed by atoms with Crippen LogP contribution in [0.4, 0.5) is 0 Å². The summed E-state index contributed by atoms with van der Waals surface area (Å²) in [5, 5.41) is 3.88. The van der Waals surface area contributed by atoms with Gasteiger partial charge < -0.3 is 9.73 Å². The molecule has 4 heteroatoms. The van der Waals surface area contributed by atoms with Crippen LogP contribution < -0.4 is 5.32 Å². The van der Waals surface area contributed by atoms with Crippen molar-refractivity contribution in [2.24, 2.45) is 0 Å². The molecular weight excluding hydrogens is 260 g/mol. The second-order valence-corrected chi connectivity index (χ2v) is 5.19. The van der Waals surface area contributed by atoms with Crippen molar-refractivity contribution >= 4 is 11.6 Å². The Labute approximate surface area is 119 Å². The third-order valence-corrected chi connectivity index (χ3v) is 3.13. The number of nitrogens with zero attached hydrogens (tertiary/aromatic N) is 1. The minimum absolute atomic E-state index is 0.772. The van der Waals surface area contributed by atoms with Crippen LogP contribution in [-0.4, -0.2) is 19.0 Å². The molecule has 0 radical (unpaired) electrons. The van der Waals surface area contributed by atoms with Gasteiger partial charge in [-0.15, -0.1) is 0 Å². The van der Waals surface area contributed by atoms with Crippen LogP contribution >= 0.6 is 11.6 Å². The average Bonchev–Trinajstić information content (AvgIpc) is 2.80. The van der Waals surface area contributed by atoms with E-state index in [-0.39, 0.29) is 0 Å². The molecule has 19 heavy (non-hydrogen) atoms. The Bertz CT molecular complexity index is 507. The maximum Gasteiger partial charge on any atom is 0.118 e. The fourth-order valence-electron chi connectivity index (χ4n) is 2.03. The van der Waals surface area contributed by atoms with Crippen molar-refractivity contribution in [3.63, 3.8) is 0 Å². The van der Waals surface area contributed by atoms with E-state index in [0.29, 0.717) is 0 Å². The van der Waals surface area contributed by atoms with E-state index in [1.165, 1.54) is 11.1 Å². The molecule has 0 aliphatic heterocycles. The molecule has 0 saturated heterocycles. The Morgan fingerprint density at radius 2 is 1.89 bits per heavy atom. The summed E-state index contributed by atoms with van der Waals surface area (Å²) in [5.41, 5.74) is 2.42. The lowest BCUT2D eigenvalue weighted by molar-refractivity contribution is 0.288. The number of benzene rings is 1. The standard InChI is InChI=1S/C15H19ClN2O/c1-17-8-13-7-15(19-11-13)10-18(2)9-12-3-5-14(16)6-4-12/h3-7,11,17H,8-10H2,1-2H3. The maximum absolute atomic E-state index is 5.88. The van der Waals surface area contributed by atoms with Crippen molar-refractivity contribution in [2.45, 2.75) is 19.6 Å². The molecule has 3 nitrogen and oxygen atoms in total.